The Morgan fingerprint density at radius 2 is 1.72 bits per heavy atom. The molecular weight excluding hydrogens is 519 g/mol. The lowest BCUT2D eigenvalue weighted by molar-refractivity contribution is -0.388. The van der Waals surface area contributed by atoms with Gasteiger partial charge in [0.2, 0.25) is 10.0 Å². The summed E-state index contributed by atoms with van der Waals surface area (Å²) >= 11 is 5.96. The SMILES string of the molecule is O=[N+]([O-])c1cc(C(F)(F)F)ccc1S(=O)(=O)N[C@@H]1CCC[C@H]1N1CCC(Cc2ccc(Cl)cc2)CC1. The monoisotopic (exact) mass is 545 g/mol. The molecule has 0 bridgehead atoms. The van der Waals surface area contributed by atoms with Gasteiger partial charge in [0.15, 0.2) is 4.90 Å². The van der Waals surface area contributed by atoms with Crippen molar-refractivity contribution in [1.29, 1.82) is 0 Å². The van der Waals surface area contributed by atoms with Gasteiger partial charge in [-0.25, -0.2) is 13.1 Å². The highest BCUT2D eigenvalue weighted by Gasteiger charge is 2.39. The second kappa shape index (κ2) is 10.6. The molecule has 2 atom stereocenters. The second-order valence-corrected chi connectivity index (χ2v) is 11.6. The van der Waals surface area contributed by atoms with Gasteiger partial charge in [0.1, 0.15) is 0 Å². The van der Waals surface area contributed by atoms with Gasteiger partial charge in [-0.15, -0.1) is 0 Å². The predicted molar refractivity (Wildman–Crippen MR) is 129 cm³/mol. The molecule has 196 valence electrons. The number of halogens is 4. The van der Waals surface area contributed by atoms with Crippen molar-refractivity contribution in [2.75, 3.05) is 13.1 Å². The summed E-state index contributed by atoms with van der Waals surface area (Å²) < 4.78 is 67.7. The molecule has 1 saturated heterocycles. The van der Waals surface area contributed by atoms with Gasteiger partial charge in [0, 0.05) is 23.2 Å². The molecule has 4 rings (SSSR count). The van der Waals surface area contributed by atoms with E-state index in [-0.39, 0.29) is 12.1 Å². The van der Waals surface area contributed by atoms with E-state index in [4.69, 9.17) is 11.6 Å². The van der Waals surface area contributed by atoms with Gasteiger partial charge < -0.3 is 0 Å². The number of nitrogens with one attached hydrogen (secondary N) is 1. The summed E-state index contributed by atoms with van der Waals surface area (Å²) in [5.74, 6) is 0.508. The molecule has 2 aliphatic rings. The Morgan fingerprint density at radius 3 is 2.33 bits per heavy atom. The highest BCUT2D eigenvalue weighted by molar-refractivity contribution is 7.89. The third-order valence-corrected chi connectivity index (χ3v) is 8.90. The molecular formula is C24H27ClF3N3O4S. The van der Waals surface area contributed by atoms with Crippen molar-refractivity contribution in [1.82, 2.24) is 9.62 Å². The highest BCUT2D eigenvalue weighted by atomic mass is 35.5. The zero-order valence-corrected chi connectivity index (χ0v) is 21.0. The fourth-order valence-corrected chi connectivity index (χ4v) is 6.87. The lowest BCUT2D eigenvalue weighted by atomic mass is 9.89. The third kappa shape index (κ3) is 6.19. The molecule has 0 amide bonds. The normalized spacial score (nSPS) is 22.1. The Labute approximate surface area is 212 Å². The van der Waals surface area contributed by atoms with Crippen LogP contribution in [0.15, 0.2) is 47.4 Å². The van der Waals surface area contributed by atoms with E-state index >= 15 is 0 Å². The lowest BCUT2D eigenvalue weighted by Crippen LogP contribution is -2.51. The maximum atomic E-state index is 13.1. The Hall–Kier alpha value is -2.21. The van der Waals surface area contributed by atoms with Crippen LogP contribution in [0.1, 0.15) is 43.2 Å². The van der Waals surface area contributed by atoms with Crippen LogP contribution in [-0.2, 0) is 22.6 Å². The molecule has 1 heterocycles. The van der Waals surface area contributed by atoms with Gasteiger partial charge in [-0.05, 0) is 80.9 Å². The molecule has 36 heavy (non-hydrogen) atoms. The quantitative estimate of drug-likeness (QED) is 0.370. The molecule has 7 nitrogen and oxygen atoms in total. The number of likely N-dealkylation sites (tertiary alicyclic amines) is 1. The van der Waals surface area contributed by atoms with Gasteiger partial charge in [0.05, 0.1) is 10.5 Å². The molecule has 1 saturated carbocycles. The van der Waals surface area contributed by atoms with Crippen LogP contribution in [0.4, 0.5) is 18.9 Å². The van der Waals surface area contributed by atoms with Gasteiger partial charge in [-0.1, -0.05) is 30.2 Å². The number of piperidine rings is 1. The predicted octanol–water partition coefficient (Wildman–Crippen LogP) is 5.42. The lowest BCUT2D eigenvalue weighted by Gasteiger charge is -2.38. The smallest absolute Gasteiger partial charge is 0.299 e. The summed E-state index contributed by atoms with van der Waals surface area (Å²) in [6.45, 7) is 1.61. The molecule has 0 radical (unpaired) electrons. The summed E-state index contributed by atoms with van der Waals surface area (Å²) in [6, 6.07) is 8.76. The van der Waals surface area contributed by atoms with Gasteiger partial charge in [0.25, 0.3) is 5.69 Å². The topological polar surface area (TPSA) is 92.5 Å². The number of nitro groups is 1. The van der Waals surface area contributed by atoms with Crippen molar-refractivity contribution in [2.24, 2.45) is 5.92 Å². The van der Waals surface area contributed by atoms with Crippen LogP contribution in [-0.4, -0.2) is 43.4 Å². The van der Waals surface area contributed by atoms with E-state index in [1.165, 1.54) is 5.56 Å². The van der Waals surface area contributed by atoms with Crippen molar-refractivity contribution < 1.29 is 26.5 Å². The standard InChI is InChI=1S/C24H27ClF3N3O4S/c25-19-7-4-16(5-8-19)14-17-10-12-30(13-11-17)21-3-1-2-20(21)29-36(34,35)23-9-6-18(24(26,27)28)15-22(23)31(32)33/h4-9,15,17,20-21,29H,1-3,10-14H2/t20-,21-/m1/s1. The maximum Gasteiger partial charge on any atom is 0.416 e. The van der Waals surface area contributed by atoms with Crippen LogP contribution in [0.25, 0.3) is 0 Å². The number of nitro benzene ring substituents is 1. The van der Waals surface area contributed by atoms with Gasteiger partial charge in [-0.3, -0.25) is 15.0 Å². The Bertz CT molecular complexity index is 1200. The fraction of sp³-hybridized carbons (Fsp3) is 0.500. The first-order chi connectivity index (χ1) is 16.9. The zero-order chi connectivity index (χ0) is 26.1. The number of rotatable bonds is 7. The van der Waals surface area contributed by atoms with Gasteiger partial charge in [-0.2, -0.15) is 13.2 Å². The maximum absolute atomic E-state index is 13.1. The third-order valence-electron chi connectivity index (χ3n) is 7.11. The number of hydrogen-bond donors (Lipinski definition) is 1. The van der Waals surface area contributed by atoms with Crippen LogP contribution >= 0.6 is 11.6 Å². The van der Waals surface area contributed by atoms with Crippen molar-refractivity contribution in [3.8, 4) is 0 Å². The minimum atomic E-state index is -4.82. The number of nitrogens with zero attached hydrogens (tertiary/aromatic N) is 2. The summed E-state index contributed by atoms with van der Waals surface area (Å²) in [6.07, 6.45) is 0.177. The summed E-state index contributed by atoms with van der Waals surface area (Å²) in [5, 5.41) is 12.1. The van der Waals surface area contributed by atoms with E-state index in [9.17, 15) is 31.7 Å². The van der Waals surface area contributed by atoms with E-state index < -0.39 is 43.3 Å². The Kier molecular flexibility index (Phi) is 7.94. The molecule has 12 heteroatoms. The van der Waals surface area contributed by atoms with Crippen LogP contribution in [0.3, 0.4) is 0 Å². The number of benzene rings is 2. The van der Waals surface area contributed by atoms with Crippen molar-refractivity contribution in [3.05, 3.63) is 68.7 Å². The summed E-state index contributed by atoms with van der Waals surface area (Å²) in [4.78, 5) is 11.8. The van der Waals surface area contributed by atoms with E-state index in [1.54, 1.807) is 0 Å². The number of sulfonamides is 1. The van der Waals surface area contributed by atoms with Gasteiger partial charge >= 0.3 is 6.18 Å². The Morgan fingerprint density at radius 1 is 1.06 bits per heavy atom. The average Bonchev–Trinajstić information content (AvgIpc) is 3.27. The minimum absolute atomic E-state index is 0.0650. The number of hydrogen-bond acceptors (Lipinski definition) is 5. The Balaban J connectivity index is 1.43. The first-order valence-electron chi connectivity index (χ1n) is 11.8. The van der Waals surface area contributed by atoms with Crippen molar-refractivity contribution in [2.45, 2.75) is 61.7 Å². The van der Waals surface area contributed by atoms with Crippen molar-refractivity contribution in [3.63, 3.8) is 0 Å². The van der Waals surface area contributed by atoms with Crippen LogP contribution < -0.4 is 4.72 Å². The van der Waals surface area contributed by atoms with Crippen LogP contribution in [0.2, 0.25) is 5.02 Å². The van der Waals surface area contributed by atoms with Crippen molar-refractivity contribution >= 4 is 27.3 Å². The molecule has 1 N–H and O–H groups in total. The van der Waals surface area contributed by atoms with Crippen LogP contribution in [0, 0.1) is 16.0 Å². The fourth-order valence-electron chi connectivity index (χ4n) is 5.28. The molecule has 0 aromatic heterocycles. The number of alkyl halides is 3. The first-order valence-corrected chi connectivity index (χ1v) is 13.7. The van der Waals surface area contributed by atoms with E-state index in [1.807, 2.05) is 24.3 Å². The molecule has 0 unspecified atom stereocenters. The highest BCUT2D eigenvalue weighted by Crippen LogP contribution is 2.36. The second-order valence-electron chi connectivity index (χ2n) is 9.47. The summed E-state index contributed by atoms with van der Waals surface area (Å²) in [7, 11) is -4.40. The van der Waals surface area contributed by atoms with Crippen LogP contribution in [0.5, 0.6) is 0 Å². The largest absolute Gasteiger partial charge is 0.416 e. The van der Waals surface area contributed by atoms with E-state index in [2.05, 4.69) is 9.62 Å². The molecule has 2 aromatic rings. The zero-order valence-electron chi connectivity index (χ0n) is 19.4. The summed E-state index contributed by atoms with van der Waals surface area (Å²) in [5.41, 5.74) is -1.13. The molecule has 0 spiro atoms. The molecule has 2 fully saturated rings. The molecule has 1 aliphatic carbocycles. The first kappa shape index (κ1) is 26.8. The average molecular weight is 546 g/mol. The van der Waals surface area contributed by atoms with E-state index in [0.29, 0.717) is 29.5 Å². The minimum Gasteiger partial charge on any atom is -0.299 e. The molecule has 2 aromatic carbocycles. The van der Waals surface area contributed by atoms with E-state index in [0.717, 1.165) is 45.2 Å². The molecule has 1 aliphatic heterocycles.